The predicted octanol–water partition coefficient (Wildman–Crippen LogP) is 15.1. The molecule has 11 rings (SSSR count). The summed E-state index contributed by atoms with van der Waals surface area (Å²) in [6.45, 7) is 0. The molecule has 0 bridgehead atoms. The van der Waals surface area contributed by atoms with E-state index in [4.69, 9.17) is 8.83 Å². The molecule has 0 saturated heterocycles. The van der Waals surface area contributed by atoms with Gasteiger partial charge in [-0.1, -0.05) is 133 Å². The first kappa shape index (κ1) is 31.2. The van der Waals surface area contributed by atoms with Crippen LogP contribution in [-0.2, 0) is 0 Å². The van der Waals surface area contributed by atoms with E-state index in [9.17, 15) is 0 Å². The largest absolute Gasteiger partial charge is 0.456 e. The third-order valence-electron chi connectivity index (χ3n) is 10.9. The second kappa shape index (κ2) is 12.6. The van der Waals surface area contributed by atoms with Crippen molar-refractivity contribution in [1.82, 2.24) is 0 Å². The fourth-order valence-corrected chi connectivity index (χ4v) is 8.22. The van der Waals surface area contributed by atoms with Crippen molar-refractivity contribution in [2.24, 2.45) is 0 Å². The fraction of sp³-hybridized carbons (Fsp3) is 0. The molecule has 258 valence electrons. The molecule has 9 aromatic carbocycles. The van der Waals surface area contributed by atoms with Crippen molar-refractivity contribution in [2.45, 2.75) is 0 Å². The molecule has 2 aromatic heterocycles. The van der Waals surface area contributed by atoms with Crippen LogP contribution in [0.25, 0.3) is 88.0 Å². The molecular formula is C52H33NO2. The van der Waals surface area contributed by atoms with Crippen molar-refractivity contribution in [3.05, 3.63) is 200 Å². The molecule has 2 heterocycles. The van der Waals surface area contributed by atoms with Gasteiger partial charge in [-0.05, 0) is 105 Å². The quantitative estimate of drug-likeness (QED) is 0.173. The van der Waals surface area contributed by atoms with Gasteiger partial charge in [-0.3, -0.25) is 0 Å². The Balaban J connectivity index is 1.08. The third kappa shape index (κ3) is 5.28. The highest BCUT2D eigenvalue weighted by atomic mass is 16.3. The molecule has 0 fully saturated rings. The van der Waals surface area contributed by atoms with E-state index >= 15 is 0 Å². The Morgan fingerprint density at radius 2 is 0.909 bits per heavy atom. The van der Waals surface area contributed by atoms with E-state index in [0.29, 0.717) is 0 Å². The van der Waals surface area contributed by atoms with Crippen molar-refractivity contribution in [3.63, 3.8) is 0 Å². The summed E-state index contributed by atoms with van der Waals surface area (Å²) in [6, 6.07) is 71.2. The van der Waals surface area contributed by atoms with E-state index in [1.165, 1.54) is 16.3 Å². The normalized spacial score (nSPS) is 11.6. The summed E-state index contributed by atoms with van der Waals surface area (Å²) in [4.78, 5) is 2.39. The maximum absolute atomic E-state index is 6.36. The van der Waals surface area contributed by atoms with Gasteiger partial charge in [-0.25, -0.2) is 0 Å². The number of rotatable bonds is 6. The summed E-state index contributed by atoms with van der Waals surface area (Å²) in [5.41, 5.74) is 13.7. The van der Waals surface area contributed by atoms with Crippen molar-refractivity contribution in [3.8, 4) is 33.4 Å². The van der Waals surface area contributed by atoms with E-state index in [-0.39, 0.29) is 0 Å². The second-order valence-corrected chi connectivity index (χ2v) is 14.1. The van der Waals surface area contributed by atoms with Gasteiger partial charge in [0.2, 0.25) is 0 Å². The number of furan rings is 2. The summed E-state index contributed by atoms with van der Waals surface area (Å²) in [7, 11) is 0. The lowest BCUT2D eigenvalue weighted by Gasteiger charge is -2.28. The lowest BCUT2D eigenvalue weighted by molar-refractivity contribution is 0.668. The number of hydrogen-bond donors (Lipinski definition) is 0. The number of benzene rings is 9. The van der Waals surface area contributed by atoms with Gasteiger partial charge in [-0.2, -0.15) is 0 Å². The zero-order valence-corrected chi connectivity index (χ0v) is 29.8. The van der Waals surface area contributed by atoms with Crippen LogP contribution in [0.5, 0.6) is 0 Å². The minimum atomic E-state index is 0.880. The predicted molar refractivity (Wildman–Crippen MR) is 229 cm³/mol. The first-order chi connectivity index (χ1) is 27.2. The lowest BCUT2D eigenvalue weighted by Crippen LogP contribution is -2.11. The zero-order chi connectivity index (χ0) is 36.3. The molecule has 0 saturated carbocycles. The van der Waals surface area contributed by atoms with Crippen LogP contribution in [0.1, 0.15) is 0 Å². The smallest absolute Gasteiger partial charge is 0.136 e. The van der Waals surface area contributed by atoms with E-state index < -0.39 is 0 Å². The average molecular weight is 704 g/mol. The maximum atomic E-state index is 6.36. The van der Waals surface area contributed by atoms with Crippen molar-refractivity contribution >= 4 is 71.7 Å². The van der Waals surface area contributed by atoms with E-state index in [0.717, 1.165) is 88.8 Å². The van der Waals surface area contributed by atoms with Gasteiger partial charge in [0.25, 0.3) is 0 Å². The number of fused-ring (bicyclic) bond motifs is 7. The molecule has 3 heteroatoms. The first-order valence-electron chi connectivity index (χ1n) is 18.7. The van der Waals surface area contributed by atoms with Gasteiger partial charge >= 0.3 is 0 Å². The molecule has 0 aliphatic carbocycles. The molecule has 0 aliphatic heterocycles. The highest BCUT2D eigenvalue weighted by molar-refractivity contribution is 6.14. The van der Waals surface area contributed by atoms with Crippen LogP contribution in [0.4, 0.5) is 17.1 Å². The van der Waals surface area contributed by atoms with Crippen LogP contribution in [0.2, 0.25) is 0 Å². The molecule has 3 nitrogen and oxygen atoms in total. The Morgan fingerprint density at radius 3 is 1.80 bits per heavy atom. The standard InChI is InChI=1S/C52H33NO2/c1-2-12-36-31-38(24-23-34(36)11-1)37-13-9-14-41(32-37)53(40-28-25-35(26-29-40)39-27-30-50-46(33-39)43-16-4-7-20-48(43)54-50)47-19-6-3-15-42(47)44-18-10-22-51-52(44)45-17-5-8-21-49(45)55-51/h1-33H. The zero-order valence-electron chi connectivity index (χ0n) is 29.8. The highest BCUT2D eigenvalue weighted by Gasteiger charge is 2.21. The van der Waals surface area contributed by atoms with Crippen LogP contribution in [0.3, 0.4) is 0 Å². The summed E-state index contributed by atoms with van der Waals surface area (Å²) >= 11 is 0. The third-order valence-corrected chi connectivity index (χ3v) is 10.9. The first-order valence-corrected chi connectivity index (χ1v) is 18.7. The molecule has 55 heavy (non-hydrogen) atoms. The minimum absolute atomic E-state index is 0.880. The molecule has 0 radical (unpaired) electrons. The highest BCUT2D eigenvalue weighted by Crippen LogP contribution is 2.45. The summed E-state index contributed by atoms with van der Waals surface area (Å²) < 4.78 is 12.5. The number of anilines is 3. The lowest BCUT2D eigenvalue weighted by atomic mass is 9.96. The molecule has 11 aromatic rings. The topological polar surface area (TPSA) is 29.5 Å². The van der Waals surface area contributed by atoms with Gasteiger partial charge in [0, 0.05) is 38.5 Å². The molecule has 0 unspecified atom stereocenters. The second-order valence-electron chi connectivity index (χ2n) is 14.1. The maximum Gasteiger partial charge on any atom is 0.136 e. The average Bonchev–Trinajstić information content (AvgIpc) is 3.82. The number of hydrogen-bond acceptors (Lipinski definition) is 3. The van der Waals surface area contributed by atoms with Crippen molar-refractivity contribution < 1.29 is 8.83 Å². The van der Waals surface area contributed by atoms with Crippen LogP contribution in [-0.4, -0.2) is 0 Å². The molecule has 0 amide bonds. The van der Waals surface area contributed by atoms with Gasteiger partial charge in [0.05, 0.1) is 5.69 Å². The summed E-state index contributed by atoms with van der Waals surface area (Å²) in [5.74, 6) is 0. The Kier molecular flexibility index (Phi) is 7.17. The van der Waals surface area contributed by atoms with E-state index in [1.807, 2.05) is 24.3 Å². The van der Waals surface area contributed by atoms with Gasteiger partial charge in [-0.15, -0.1) is 0 Å². The molecule has 0 atom stereocenters. The summed E-state index contributed by atoms with van der Waals surface area (Å²) in [6.07, 6.45) is 0. The van der Waals surface area contributed by atoms with Crippen molar-refractivity contribution in [1.29, 1.82) is 0 Å². The Labute approximate surface area is 317 Å². The van der Waals surface area contributed by atoms with Crippen LogP contribution >= 0.6 is 0 Å². The Hall–Kier alpha value is -7.36. The molecule has 0 aliphatic rings. The summed E-state index contributed by atoms with van der Waals surface area (Å²) in [5, 5.41) is 6.95. The molecule has 0 spiro atoms. The monoisotopic (exact) mass is 703 g/mol. The number of para-hydroxylation sites is 3. The Bertz CT molecular complexity index is 3220. The van der Waals surface area contributed by atoms with Crippen molar-refractivity contribution in [2.75, 3.05) is 4.90 Å². The van der Waals surface area contributed by atoms with E-state index in [1.54, 1.807) is 0 Å². The molecule has 0 N–H and O–H groups in total. The number of nitrogens with zero attached hydrogens (tertiary/aromatic N) is 1. The van der Waals surface area contributed by atoms with Gasteiger partial charge < -0.3 is 13.7 Å². The minimum Gasteiger partial charge on any atom is -0.456 e. The van der Waals surface area contributed by atoms with E-state index in [2.05, 4.69) is 181 Å². The van der Waals surface area contributed by atoms with Crippen LogP contribution in [0.15, 0.2) is 209 Å². The van der Waals surface area contributed by atoms with Crippen LogP contribution < -0.4 is 4.90 Å². The van der Waals surface area contributed by atoms with Crippen LogP contribution in [0, 0.1) is 0 Å². The molecular weight excluding hydrogens is 671 g/mol. The SMILES string of the molecule is c1cc(-c2ccc3ccccc3c2)cc(N(c2ccc(-c3ccc4oc5ccccc5c4c3)cc2)c2ccccc2-c2cccc3oc4ccccc4c23)c1. The van der Waals surface area contributed by atoms with Gasteiger partial charge in [0.15, 0.2) is 0 Å². The van der Waals surface area contributed by atoms with Gasteiger partial charge in [0.1, 0.15) is 22.3 Å². The fourth-order valence-electron chi connectivity index (χ4n) is 8.22. The Morgan fingerprint density at radius 1 is 0.309 bits per heavy atom.